The normalized spacial score (nSPS) is 17.6. The van der Waals surface area contributed by atoms with E-state index in [2.05, 4.69) is 15.6 Å². The van der Waals surface area contributed by atoms with Crippen LogP contribution in [0.5, 0.6) is 0 Å². The van der Waals surface area contributed by atoms with Crippen LogP contribution in [0.25, 0.3) is 0 Å². The fraction of sp³-hybridized carbons (Fsp3) is 0.629. The molecule has 2 aromatic rings. The molecule has 4 N–H and O–H groups in total. The predicted molar refractivity (Wildman–Crippen MR) is 188 cm³/mol. The SMILES string of the molecule is Cc1ncc(CN(C(=O)O)[C@H](C(=O)N[C@@H](Cc2ccccc2)[C@@H](O)CN2CCN(C(=O)OC(C)(C)C)C[C@H]2C(=O)NC(C)(C)C)C(C)C)s1. The van der Waals surface area contributed by atoms with Gasteiger partial charge in [0, 0.05) is 42.8 Å². The van der Waals surface area contributed by atoms with Gasteiger partial charge < -0.3 is 30.5 Å². The summed E-state index contributed by atoms with van der Waals surface area (Å²) in [7, 11) is 0. The van der Waals surface area contributed by atoms with Gasteiger partial charge in [0.1, 0.15) is 17.7 Å². The smallest absolute Gasteiger partial charge is 0.410 e. The number of nitrogens with one attached hydrogen (secondary N) is 2. The molecule has 0 bridgehead atoms. The average molecular weight is 703 g/mol. The third kappa shape index (κ3) is 12.3. The number of ether oxygens (including phenoxy) is 1. The van der Waals surface area contributed by atoms with Crippen molar-refractivity contribution in [2.45, 2.75) is 111 Å². The van der Waals surface area contributed by atoms with Crippen molar-refractivity contribution in [2.24, 2.45) is 5.92 Å². The van der Waals surface area contributed by atoms with E-state index in [0.717, 1.165) is 15.5 Å². The Morgan fingerprint density at radius 3 is 2.27 bits per heavy atom. The highest BCUT2D eigenvalue weighted by Crippen LogP contribution is 2.22. The molecule has 3 rings (SSSR count). The molecule has 4 atom stereocenters. The molecule has 1 aliphatic heterocycles. The topological polar surface area (TPSA) is 165 Å². The van der Waals surface area contributed by atoms with Crippen molar-refractivity contribution in [3.8, 4) is 0 Å². The number of aryl methyl sites for hydroxylation is 1. The number of β-amino-alcohol motifs (C(OH)–C–C–N with tert-alkyl or cyclic N) is 1. The van der Waals surface area contributed by atoms with E-state index < -0.39 is 53.5 Å². The number of carbonyl (C=O) groups is 4. The second-order valence-electron chi connectivity index (χ2n) is 15.0. The van der Waals surface area contributed by atoms with Gasteiger partial charge in [-0.15, -0.1) is 11.3 Å². The summed E-state index contributed by atoms with van der Waals surface area (Å²) in [5.74, 6) is -1.21. The number of thiazole rings is 1. The fourth-order valence-corrected chi connectivity index (χ4v) is 6.55. The molecule has 14 heteroatoms. The van der Waals surface area contributed by atoms with Crippen molar-refractivity contribution in [3.05, 3.63) is 52.0 Å². The van der Waals surface area contributed by atoms with Crippen LogP contribution in [-0.2, 0) is 27.3 Å². The lowest BCUT2D eigenvalue weighted by molar-refractivity contribution is -0.132. The summed E-state index contributed by atoms with van der Waals surface area (Å²) in [6.45, 7) is 16.9. The molecular weight excluding hydrogens is 648 g/mol. The molecule has 1 aromatic heterocycles. The number of amides is 4. The minimum atomic E-state index is -1.24. The summed E-state index contributed by atoms with van der Waals surface area (Å²) < 4.78 is 5.58. The Morgan fingerprint density at radius 1 is 1.08 bits per heavy atom. The van der Waals surface area contributed by atoms with Gasteiger partial charge in [0.25, 0.3) is 0 Å². The zero-order valence-corrected chi connectivity index (χ0v) is 31.0. The summed E-state index contributed by atoms with van der Waals surface area (Å²) in [4.78, 5) is 62.4. The molecule has 1 saturated heterocycles. The van der Waals surface area contributed by atoms with Gasteiger partial charge in [-0.3, -0.25) is 19.4 Å². The maximum absolute atomic E-state index is 14.0. The van der Waals surface area contributed by atoms with Crippen molar-refractivity contribution in [2.75, 3.05) is 26.2 Å². The number of hydrogen-bond acceptors (Lipinski definition) is 9. The van der Waals surface area contributed by atoms with Crippen LogP contribution in [0.4, 0.5) is 9.59 Å². The van der Waals surface area contributed by atoms with Gasteiger partial charge in [-0.05, 0) is 66.4 Å². The molecule has 272 valence electrons. The summed E-state index contributed by atoms with van der Waals surface area (Å²) in [5.41, 5.74) is -0.390. The molecule has 0 radical (unpaired) electrons. The lowest BCUT2D eigenvalue weighted by Gasteiger charge is -2.43. The van der Waals surface area contributed by atoms with E-state index in [1.165, 1.54) is 16.2 Å². The highest BCUT2D eigenvalue weighted by atomic mass is 32.1. The number of carbonyl (C=O) groups excluding carboxylic acids is 3. The van der Waals surface area contributed by atoms with Gasteiger partial charge in [-0.2, -0.15) is 0 Å². The number of benzene rings is 1. The lowest BCUT2D eigenvalue weighted by atomic mass is 9.97. The first-order valence-electron chi connectivity index (χ1n) is 16.7. The van der Waals surface area contributed by atoms with Crippen LogP contribution in [0.15, 0.2) is 36.5 Å². The zero-order chi connectivity index (χ0) is 36.7. The predicted octanol–water partition coefficient (Wildman–Crippen LogP) is 3.88. The number of rotatable bonds is 12. The van der Waals surface area contributed by atoms with E-state index in [4.69, 9.17) is 4.74 Å². The second kappa shape index (κ2) is 16.8. The number of nitrogens with zero attached hydrogens (tertiary/aromatic N) is 4. The van der Waals surface area contributed by atoms with E-state index in [-0.39, 0.29) is 51.0 Å². The monoisotopic (exact) mass is 702 g/mol. The summed E-state index contributed by atoms with van der Waals surface area (Å²) in [6, 6.07) is 6.71. The summed E-state index contributed by atoms with van der Waals surface area (Å²) >= 11 is 1.37. The third-order valence-corrected chi connectivity index (χ3v) is 8.83. The van der Waals surface area contributed by atoms with E-state index in [9.17, 15) is 29.4 Å². The lowest BCUT2D eigenvalue weighted by Crippen LogP contribution is -2.64. The van der Waals surface area contributed by atoms with Crippen molar-refractivity contribution >= 4 is 35.3 Å². The molecule has 2 heterocycles. The number of aliphatic hydroxyl groups excluding tert-OH is 1. The molecule has 0 spiro atoms. The number of hydrogen-bond donors (Lipinski definition) is 4. The van der Waals surface area contributed by atoms with Gasteiger partial charge in [0.2, 0.25) is 11.8 Å². The summed E-state index contributed by atoms with van der Waals surface area (Å²) in [5, 5.41) is 28.8. The van der Waals surface area contributed by atoms with E-state index in [1.807, 2.05) is 62.9 Å². The first kappa shape index (κ1) is 39.7. The van der Waals surface area contributed by atoms with Gasteiger partial charge in [-0.25, -0.2) is 14.6 Å². The Hall–Kier alpha value is -3.75. The molecule has 0 unspecified atom stereocenters. The second-order valence-corrected chi connectivity index (χ2v) is 16.3. The van der Waals surface area contributed by atoms with Crippen LogP contribution in [0.3, 0.4) is 0 Å². The Labute approximate surface area is 294 Å². The molecule has 0 saturated carbocycles. The Morgan fingerprint density at radius 2 is 1.73 bits per heavy atom. The van der Waals surface area contributed by atoms with Gasteiger partial charge >= 0.3 is 12.2 Å². The van der Waals surface area contributed by atoms with Gasteiger partial charge in [0.15, 0.2) is 0 Å². The van der Waals surface area contributed by atoms with Gasteiger partial charge in [-0.1, -0.05) is 44.2 Å². The molecule has 13 nitrogen and oxygen atoms in total. The standard InChI is InChI=1S/C35H54N6O7S/c1-22(2)29(41(32(45)46)19-25-18-36-23(3)49-25)31(44)37-26(17-24-13-11-10-12-14-24)28(42)21-39-15-16-40(33(47)48-35(7,8)9)20-27(39)30(43)38-34(4,5)6/h10-14,18,22,26-29,42H,15-17,19-21H2,1-9H3,(H,37,44)(H,38,43)(H,45,46)/t26-,27-,28-,29-/m0/s1. The van der Waals surface area contributed by atoms with Crippen LogP contribution in [0.2, 0.25) is 0 Å². The number of aliphatic hydroxyl groups is 1. The van der Waals surface area contributed by atoms with Crippen LogP contribution < -0.4 is 10.6 Å². The number of aromatic nitrogens is 1. The van der Waals surface area contributed by atoms with E-state index >= 15 is 0 Å². The maximum atomic E-state index is 14.0. The Bertz CT molecular complexity index is 1420. The van der Waals surface area contributed by atoms with Crippen LogP contribution in [-0.4, -0.2) is 115 Å². The molecule has 1 aliphatic rings. The number of carboxylic acid groups (broad SMARTS) is 1. The first-order chi connectivity index (χ1) is 22.7. The van der Waals surface area contributed by atoms with Crippen LogP contribution in [0, 0.1) is 12.8 Å². The van der Waals surface area contributed by atoms with Crippen molar-refractivity contribution < 1.29 is 34.1 Å². The minimum Gasteiger partial charge on any atom is -0.465 e. The number of piperazine rings is 1. The first-order valence-corrected chi connectivity index (χ1v) is 17.5. The van der Waals surface area contributed by atoms with Crippen molar-refractivity contribution in [1.29, 1.82) is 0 Å². The van der Waals surface area contributed by atoms with E-state index in [0.29, 0.717) is 4.88 Å². The third-order valence-electron chi connectivity index (χ3n) is 7.93. The van der Waals surface area contributed by atoms with Crippen molar-refractivity contribution in [1.82, 2.24) is 30.3 Å². The Balaban J connectivity index is 1.88. The molecule has 1 aromatic carbocycles. The quantitative estimate of drug-likeness (QED) is 0.257. The molecule has 4 amide bonds. The maximum Gasteiger partial charge on any atom is 0.410 e. The highest BCUT2D eigenvalue weighted by Gasteiger charge is 2.40. The molecular formula is C35H54N6O7S. The minimum absolute atomic E-state index is 0.00446. The van der Waals surface area contributed by atoms with Crippen LogP contribution in [0.1, 0.15) is 70.8 Å². The molecule has 0 aliphatic carbocycles. The average Bonchev–Trinajstić information content (AvgIpc) is 3.39. The van der Waals surface area contributed by atoms with Gasteiger partial charge in [0.05, 0.1) is 23.7 Å². The fourth-order valence-electron chi connectivity index (χ4n) is 5.76. The zero-order valence-electron chi connectivity index (χ0n) is 30.2. The molecule has 49 heavy (non-hydrogen) atoms. The largest absolute Gasteiger partial charge is 0.465 e. The summed E-state index contributed by atoms with van der Waals surface area (Å²) in [6.07, 6.45) is -1.04. The highest BCUT2D eigenvalue weighted by molar-refractivity contribution is 7.11. The van der Waals surface area contributed by atoms with Crippen LogP contribution >= 0.6 is 11.3 Å². The molecule has 1 fully saturated rings. The van der Waals surface area contributed by atoms with Crippen molar-refractivity contribution in [3.63, 3.8) is 0 Å². The van der Waals surface area contributed by atoms with E-state index in [1.54, 1.807) is 40.8 Å². The Kier molecular flexibility index (Phi) is 13.6.